The van der Waals surface area contributed by atoms with E-state index in [1.807, 2.05) is 5.32 Å². The first kappa shape index (κ1) is 13.6. The third-order valence-electron chi connectivity index (χ3n) is 1.23. The van der Waals surface area contributed by atoms with Crippen molar-refractivity contribution in [1.82, 2.24) is 10.6 Å². The summed E-state index contributed by atoms with van der Waals surface area (Å²) in [6, 6.07) is 0.812. The van der Waals surface area contributed by atoms with Crippen LogP contribution in [0, 0.1) is 11.3 Å². The molecule has 3 amide bonds. The summed E-state index contributed by atoms with van der Waals surface area (Å²) in [5.74, 6) is -0.919. The van der Waals surface area contributed by atoms with Gasteiger partial charge in [0.1, 0.15) is 12.7 Å². The number of carbonyl (C=O) groups is 2. The molecule has 0 aliphatic heterocycles. The smallest absolute Gasteiger partial charge is 0.321 e. The molecule has 2 N–H and O–H groups in total. The van der Waals surface area contributed by atoms with E-state index in [0.717, 1.165) is 0 Å². The Bertz CT molecular complexity index is 343. The van der Waals surface area contributed by atoms with Crippen molar-refractivity contribution in [3.8, 4) is 6.07 Å². The molecule has 0 radical (unpaired) electrons. The zero-order valence-electron chi connectivity index (χ0n) is 8.82. The number of imide groups is 1. The maximum Gasteiger partial charge on any atom is 0.321 e. The van der Waals surface area contributed by atoms with Gasteiger partial charge in [-0.3, -0.25) is 10.1 Å². The third kappa shape index (κ3) is 5.39. The molecule has 0 bridgehead atoms. The fourth-order valence-corrected chi connectivity index (χ4v) is 0.634. The van der Waals surface area contributed by atoms with Gasteiger partial charge in [0.25, 0.3) is 5.91 Å². The first-order valence-electron chi connectivity index (χ1n) is 4.45. The van der Waals surface area contributed by atoms with Crippen LogP contribution in [0.15, 0.2) is 17.8 Å². The number of carbonyl (C=O) groups excluding carboxylic acids is 2. The molecule has 0 heterocycles. The predicted octanol–water partition coefficient (Wildman–Crippen LogP) is -0.0857. The van der Waals surface area contributed by atoms with Gasteiger partial charge in [-0.05, 0) is 6.92 Å². The van der Waals surface area contributed by atoms with Gasteiger partial charge in [0.15, 0.2) is 0 Å². The van der Waals surface area contributed by atoms with Gasteiger partial charge >= 0.3 is 6.03 Å². The van der Waals surface area contributed by atoms with E-state index >= 15 is 0 Å². The van der Waals surface area contributed by atoms with Crippen LogP contribution in [-0.2, 0) is 9.63 Å². The highest BCUT2D eigenvalue weighted by Crippen LogP contribution is 1.83. The lowest BCUT2D eigenvalue weighted by molar-refractivity contribution is -0.113. The van der Waals surface area contributed by atoms with Gasteiger partial charge in [0.2, 0.25) is 5.71 Å². The van der Waals surface area contributed by atoms with Crippen LogP contribution < -0.4 is 10.6 Å². The van der Waals surface area contributed by atoms with E-state index in [9.17, 15) is 9.59 Å². The summed E-state index contributed by atoms with van der Waals surface area (Å²) in [6.45, 7) is 5.49. The van der Waals surface area contributed by atoms with Gasteiger partial charge in [-0.1, -0.05) is 17.8 Å². The Labute approximate surface area is 92.7 Å². The number of hydrogen-bond acceptors (Lipinski definition) is 5. The molecular weight excluding hydrogens is 212 g/mol. The van der Waals surface area contributed by atoms with Crippen molar-refractivity contribution in [2.45, 2.75) is 6.92 Å². The summed E-state index contributed by atoms with van der Waals surface area (Å²) in [5.41, 5.74) is -0.534. The lowest BCUT2D eigenvalue weighted by Crippen LogP contribution is -2.42. The number of nitriles is 1. The molecule has 0 spiro atoms. The van der Waals surface area contributed by atoms with Crippen molar-refractivity contribution >= 4 is 17.6 Å². The molecule has 0 aromatic heterocycles. The summed E-state index contributed by atoms with van der Waals surface area (Å²) in [6.07, 6.45) is 1.40. The molecule has 0 aliphatic carbocycles. The molecule has 0 saturated carbocycles. The first-order chi connectivity index (χ1) is 7.65. The van der Waals surface area contributed by atoms with Crippen LogP contribution in [0.2, 0.25) is 0 Å². The number of hydrogen-bond donors (Lipinski definition) is 2. The molecule has 0 aliphatic rings. The topological polar surface area (TPSA) is 104 Å². The highest BCUT2D eigenvalue weighted by Gasteiger charge is 2.14. The second kappa shape index (κ2) is 7.99. The minimum Gasteiger partial charge on any atom is -0.390 e. The van der Waals surface area contributed by atoms with Crippen molar-refractivity contribution in [1.29, 1.82) is 5.26 Å². The van der Waals surface area contributed by atoms with E-state index in [0.29, 0.717) is 6.54 Å². The van der Waals surface area contributed by atoms with Gasteiger partial charge in [-0.25, -0.2) is 4.79 Å². The van der Waals surface area contributed by atoms with Gasteiger partial charge < -0.3 is 10.2 Å². The van der Waals surface area contributed by atoms with Gasteiger partial charge in [0.05, 0.1) is 0 Å². The predicted molar refractivity (Wildman–Crippen MR) is 56.4 cm³/mol. The molecule has 0 unspecified atom stereocenters. The Morgan fingerprint density at radius 3 is 2.81 bits per heavy atom. The van der Waals surface area contributed by atoms with Crippen LogP contribution in [0.5, 0.6) is 0 Å². The number of oxime groups is 1. The number of nitrogens with one attached hydrogen (secondary N) is 2. The van der Waals surface area contributed by atoms with Crippen LogP contribution in [0.4, 0.5) is 4.79 Å². The molecule has 16 heavy (non-hydrogen) atoms. The molecule has 0 atom stereocenters. The molecule has 7 nitrogen and oxygen atoms in total. The quantitative estimate of drug-likeness (QED) is 0.295. The SMILES string of the molecule is C=CCON=C(C#N)C(=O)NC(=O)NCC. The van der Waals surface area contributed by atoms with E-state index in [4.69, 9.17) is 5.26 Å². The van der Waals surface area contributed by atoms with Crippen LogP contribution in [0.25, 0.3) is 0 Å². The molecule has 7 heteroatoms. The van der Waals surface area contributed by atoms with E-state index in [2.05, 4.69) is 21.9 Å². The second-order valence-corrected chi connectivity index (χ2v) is 2.45. The third-order valence-corrected chi connectivity index (χ3v) is 1.23. The monoisotopic (exact) mass is 224 g/mol. The highest BCUT2D eigenvalue weighted by molar-refractivity contribution is 6.46. The largest absolute Gasteiger partial charge is 0.390 e. The van der Waals surface area contributed by atoms with Crippen molar-refractivity contribution in [3.63, 3.8) is 0 Å². The Kier molecular flexibility index (Phi) is 6.81. The van der Waals surface area contributed by atoms with E-state index < -0.39 is 17.6 Å². The average molecular weight is 224 g/mol. The Hall–Kier alpha value is -2.36. The van der Waals surface area contributed by atoms with Crippen molar-refractivity contribution in [2.75, 3.05) is 13.2 Å². The standard InChI is InChI=1S/C9H12N4O3/c1-3-5-16-13-7(6-10)8(14)12-9(15)11-4-2/h3H,1,4-5H2,2H3,(H2,11,12,14,15). The Morgan fingerprint density at radius 1 is 1.62 bits per heavy atom. The summed E-state index contributed by atoms with van der Waals surface area (Å²) >= 11 is 0. The fourth-order valence-electron chi connectivity index (χ4n) is 0.634. The molecule has 0 saturated heterocycles. The van der Waals surface area contributed by atoms with Gasteiger partial charge in [0, 0.05) is 6.54 Å². The highest BCUT2D eigenvalue weighted by atomic mass is 16.6. The van der Waals surface area contributed by atoms with Crippen LogP contribution >= 0.6 is 0 Å². The lowest BCUT2D eigenvalue weighted by Gasteiger charge is -2.02. The first-order valence-corrected chi connectivity index (χ1v) is 4.45. The van der Waals surface area contributed by atoms with Crippen molar-refractivity contribution in [3.05, 3.63) is 12.7 Å². The maximum absolute atomic E-state index is 11.2. The lowest BCUT2D eigenvalue weighted by atomic mass is 10.4. The minimum absolute atomic E-state index is 0.0691. The molecule has 0 rings (SSSR count). The fraction of sp³-hybridized carbons (Fsp3) is 0.333. The van der Waals surface area contributed by atoms with E-state index in [1.165, 1.54) is 12.1 Å². The van der Waals surface area contributed by atoms with Crippen LogP contribution in [0.3, 0.4) is 0 Å². The van der Waals surface area contributed by atoms with Gasteiger partial charge in [-0.15, -0.1) is 0 Å². The van der Waals surface area contributed by atoms with Crippen molar-refractivity contribution < 1.29 is 14.4 Å². The minimum atomic E-state index is -0.919. The summed E-state index contributed by atoms with van der Waals surface area (Å²) in [7, 11) is 0. The molecule has 0 aromatic rings. The number of urea groups is 1. The zero-order valence-corrected chi connectivity index (χ0v) is 8.82. The molecule has 0 aromatic carbocycles. The van der Waals surface area contributed by atoms with E-state index in [-0.39, 0.29) is 6.61 Å². The van der Waals surface area contributed by atoms with Crippen molar-refractivity contribution in [2.24, 2.45) is 5.16 Å². The summed E-state index contributed by atoms with van der Waals surface area (Å²) in [4.78, 5) is 26.7. The second-order valence-electron chi connectivity index (χ2n) is 2.45. The number of nitrogens with zero attached hydrogens (tertiary/aromatic N) is 2. The van der Waals surface area contributed by atoms with Crippen LogP contribution in [0.1, 0.15) is 6.92 Å². The summed E-state index contributed by atoms with van der Waals surface area (Å²) in [5, 5.41) is 16.0. The summed E-state index contributed by atoms with van der Waals surface area (Å²) < 4.78 is 0. The average Bonchev–Trinajstić information content (AvgIpc) is 2.24. The number of amides is 3. The molecule has 0 fully saturated rings. The number of rotatable bonds is 5. The Morgan fingerprint density at radius 2 is 2.31 bits per heavy atom. The van der Waals surface area contributed by atoms with Gasteiger partial charge in [-0.2, -0.15) is 5.26 Å². The Balaban J connectivity index is 4.32. The van der Waals surface area contributed by atoms with Crippen LogP contribution in [-0.4, -0.2) is 30.8 Å². The van der Waals surface area contributed by atoms with E-state index in [1.54, 1.807) is 6.92 Å². The molecule has 86 valence electrons. The zero-order chi connectivity index (χ0) is 12.4. The maximum atomic E-state index is 11.2. The normalized spacial score (nSPS) is 9.88. The molecular formula is C9H12N4O3.